The molecule has 0 aromatic heterocycles. The zero-order chi connectivity index (χ0) is 5.70. The predicted octanol–water partition coefficient (Wildman–Crippen LogP) is 1.80. The average Bonchev–Trinajstić information content (AvgIpc) is 1.72. The van der Waals surface area contributed by atoms with E-state index in [0.717, 1.165) is 6.26 Å². The van der Waals surface area contributed by atoms with Crippen LogP contribution in [0.25, 0.3) is 0 Å². The van der Waals surface area contributed by atoms with Gasteiger partial charge in [0.15, 0.2) is 0 Å². The number of allylic oxidation sites excluding steroid dienone is 3. The number of aliphatic hydroxyl groups excluding tert-OH is 1. The number of rotatable bonds is 2. The summed E-state index contributed by atoms with van der Waals surface area (Å²) < 4.78 is 0. The third-order valence-electron chi connectivity index (χ3n) is 0.620. The molecule has 1 nitrogen and oxygen atoms in total. The third-order valence-corrected chi connectivity index (χ3v) is 0.620. The maximum absolute atomic E-state index is 8.22. The third kappa shape index (κ3) is 1.82. The first-order chi connectivity index (χ1) is 3.35. The van der Waals surface area contributed by atoms with E-state index in [1.54, 1.807) is 0 Å². The number of hydrogen-bond donors (Lipinski definition) is 1. The summed E-state index contributed by atoms with van der Waals surface area (Å²) in [5.74, 6) is 0. The second-order valence-corrected chi connectivity index (χ2v) is 1.04. The zero-order valence-corrected chi connectivity index (χ0v) is 4.09. The van der Waals surface area contributed by atoms with E-state index in [-0.39, 0.29) is 0 Å². The van der Waals surface area contributed by atoms with Gasteiger partial charge in [0, 0.05) is 5.57 Å². The van der Waals surface area contributed by atoms with Gasteiger partial charge in [0.1, 0.15) is 0 Å². The summed E-state index contributed by atoms with van der Waals surface area (Å²) in [5, 5.41) is 8.22. The van der Waals surface area contributed by atoms with Crippen LogP contribution in [0.2, 0.25) is 0 Å². The van der Waals surface area contributed by atoms with Crippen molar-refractivity contribution in [2.24, 2.45) is 0 Å². The van der Waals surface area contributed by atoms with E-state index in [1.807, 2.05) is 0 Å². The molecule has 0 unspecified atom stereocenters. The number of aliphatic hydroxyl groups is 1. The number of hydrogen-bond acceptors (Lipinski definition) is 1. The van der Waals surface area contributed by atoms with E-state index in [2.05, 4.69) is 13.2 Å². The Morgan fingerprint density at radius 2 is 1.71 bits per heavy atom. The molecule has 7 heavy (non-hydrogen) atoms. The molecule has 0 aromatic carbocycles. The van der Waals surface area contributed by atoms with Gasteiger partial charge < -0.3 is 5.11 Å². The lowest BCUT2D eigenvalue weighted by Crippen LogP contribution is -1.64. The smallest absolute Gasteiger partial charge is 0.0863 e. The first-order valence-electron chi connectivity index (χ1n) is 1.94. The van der Waals surface area contributed by atoms with Crippen molar-refractivity contribution in [1.29, 1.82) is 0 Å². The SMILES string of the molecule is C=CC(C=C)=CO. The van der Waals surface area contributed by atoms with Crippen molar-refractivity contribution < 1.29 is 5.11 Å². The largest absolute Gasteiger partial charge is 0.515 e. The Labute approximate surface area is 43.3 Å². The van der Waals surface area contributed by atoms with Gasteiger partial charge in [-0.3, -0.25) is 0 Å². The molecule has 0 spiro atoms. The summed E-state index contributed by atoms with van der Waals surface area (Å²) in [7, 11) is 0. The molecule has 0 saturated heterocycles. The first kappa shape index (κ1) is 6.02. The lowest BCUT2D eigenvalue weighted by Gasteiger charge is -1.81. The van der Waals surface area contributed by atoms with Crippen LogP contribution in [0.1, 0.15) is 0 Å². The van der Waals surface area contributed by atoms with Crippen LogP contribution < -0.4 is 0 Å². The van der Waals surface area contributed by atoms with Gasteiger partial charge in [-0.15, -0.1) is 0 Å². The summed E-state index contributed by atoms with van der Waals surface area (Å²) in [6, 6.07) is 0. The summed E-state index contributed by atoms with van der Waals surface area (Å²) >= 11 is 0. The van der Waals surface area contributed by atoms with E-state index in [1.165, 1.54) is 12.2 Å². The highest BCUT2D eigenvalue weighted by Gasteiger charge is 1.74. The van der Waals surface area contributed by atoms with E-state index >= 15 is 0 Å². The minimum absolute atomic E-state index is 0.639. The molecule has 0 radical (unpaired) electrons. The molecule has 1 heteroatoms. The van der Waals surface area contributed by atoms with Crippen LogP contribution in [0.3, 0.4) is 0 Å². The molecule has 1 N–H and O–H groups in total. The highest BCUT2D eigenvalue weighted by Crippen LogP contribution is 1.91. The van der Waals surface area contributed by atoms with Crippen LogP contribution in [-0.2, 0) is 0 Å². The van der Waals surface area contributed by atoms with Gasteiger partial charge in [-0.1, -0.05) is 25.3 Å². The van der Waals surface area contributed by atoms with Crippen molar-refractivity contribution in [1.82, 2.24) is 0 Å². The summed E-state index contributed by atoms with van der Waals surface area (Å²) in [6.07, 6.45) is 4.00. The van der Waals surface area contributed by atoms with Gasteiger partial charge in [-0.25, -0.2) is 0 Å². The summed E-state index contributed by atoms with van der Waals surface area (Å²) in [4.78, 5) is 0. The molecular formula is C6H8O. The van der Waals surface area contributed by atoms with Crippen molar-refractivity contribution in [3.63, 3.8) is 0 Å². The van der Waals surface area contributed by atoms with Crippen molar-refractivity contribution in [3.05, 3.63) is 37.1 Å². The second-order valence-electron chi connectivity index (χ2n) is 1.04. The van der Waals surface area contributed by atoms with E-state index in [0.29, 0.717) is 5.57 Å². The Balaban J connectivity index is 3.85. The molecule has 38 valence electrons. The molecule has 0 saturated carbocycles. The van der Waals surface area contributed by atoms with E-state index in [4.69, 9.17) is 5.11 Å². The highest BCUT2D eigenvalue weighted by atomic mass is 16.2. The van der Waals surface area contributed by atoms with Crippen LogP contribution in [0.15, 0.2) is 37.1 Å². The molecule has 0 amide bonds. The Kier molecular flexibility index (Phi) is 2.77. The Morgan fingerprint density at radius 1 is 1.29 bits per heavy atom. The molecule has 0 heterocycles. The van der Waals surface area contributed by atoms with Gasteiger partial charge in [0.2, 0.25) is 0 Å². The van der Waals surface area contributed by atoms with Gasteiger partial charge in [-0.2, -0.15) is 0 Å². The molecule has 0 bridgehead atoms. The first-order valence-corrected chi connectivity index (χ1v) is 1.94. The Morgan fingerprint density at radius 3 is 1.71 bits per heavy atom. The summed E-state index contributed by atoms with van der Waals surface area (Å²) in [5.41, 5.74) is 0.639. The summed E-state index contributed by atoms with van der Waals surface area (Å²) in [6.45, 7) is 6.81. The van der Waals surface area contributed by atoms with Gasteiger partial charge in [0.05, 0.1) is 6.26 Å². The van der Waals surface area contributed by atoms with Crippen LogP contribution in [0, 0.1) is 0 Å². The monoisotopic (exact) mass is 96.1 g/mol. The minimum atomic E-state index is 0.639. The van der Waals surface area contributed by atoms with Crippen molar-refractivity contribution in [2.45, 2.75) is 0 Å². The minimum Gasteiger partial charge on any atom is -0.515 e. The molecule has 0 aromatic rings. The van der Waals surface area contributed by atoms with Crippen LogP contribution in [0.4, 0.5) is 0 Å². The normalized spacial score (nSPS) is 6.86. The average molecular weight is 96.1 g/mol. The topological polar surface area (TPSA) is 20.2 Å². The fraction of sp³-hybridized carbons (Fsp3) is 0. The second kappa shape index (κ2) is 3.22. The molecule has 0 fully saturated rings. The van der Waals surface area contributed by atoms with E-state index in [9.17, 15) is 0 Å². The molecule has 0 rings (SSSR count). The highest BCUT2D eigenvalue weighted by molar-refractivity contribution is 5.24. The molecular weight excluding hydrogens is 88.1 g/mol. The van der Waals surface area contributed by atoms with Gasteiger partial charge >= 0.3 is 0 Å². The van der Waals surface area contributed by atoms with Crippen molar-refractivity contribution >= 4 is 0 Å². The van der Waals surface area contributed by atoms with Crippen LogP contribution in [-0.4, -0.2) is 5.11 Å². The van der Waals surface area contributed by atoms with Crippen LogP contribution >= 0.6 is 0 Å². The zero-order valence-electron chi connectivity index (χ0n) is 4.09. The standard InChI is InChI=1S/C6H8O/c1-3-6(4-2)5-7/h3-5,7H,1-2H2. The fourth-order valence-corrected chi connectivity index (χ4v) is 0.189. The Hall–Kier alpha value is -0.980. The lowest BCUT2D eigenvalue weighted by molar-refractivity contribution is 0.471. The van der Waals surface area contributed by atoms with Crippen molar-refractivity contribution in [2.75, 3.05) is 0 Å². The van der Waals surface area contributed by atoms with Crippen LogP contribution in [0.5, 0.6) is 0 Å². The molecule has 0 aliphatic carbocycles. The van der Waals surface area contributed by atoms with Gasteiger partial charge in [-0.05, 0) is 0 Å². The lowest BCUT2D eigenvalue weighted by atomic mass is 10.3. The van der Waals surface area contributed by atoms with Crippen molar-refractivity contribution in [3.8, 4) is 0 Å². The fourth-order valence-electron chi connectivity index (χ4n) is 0.189. The maximum Gasteiger partial charge on any atom is 0.0863 e. The molecule has 0 aliphatic rings. The maximum atomic E-state index is 8.22. The Bertz CT molecular complexity index is 90.7. The molecule has 0 atom stereocenters. The predicted molar refractivity (Wildman–Crippen MR) is 31.1 cm³/mol. The molecule has 0 aliphatic heterocycles. The van der Waals surface area contributed by atoms with E-state index < -0.39 is 0 Å². The quantitative estimate of drug-likeness (QED) is 0.410. The van der Waals surface area contributed by atoms with Gasteiger partial charge in [0.25, 0.3) is 0 Å².